The lowest BCUT2D eigenvalue weighted by Gasteiger charge is -2.10. The Kier molecular flexibility index (Phi) is 3.63. The molecule has 0 fully saturated rings. The molecule has 2 aromatic carbocycles. The number of rotatable bonds is 4. The molecular formula is C15H14O3. The minimum atomic E-state index is -0.862. The molecule has 3 heteroatoms. The number of hydrogen-bond donors (Lipinski definition) is 1. The molecule has 0 unspecified atom stereocenters. The molecule has 0 aliphatic heterocycles. The maximum atomic E-state index is 10.8. The van der Waals surface area contributed by atoms with Gasteiger partial charge in [-0.15, -0.1) is 0 Å². The van der Waals surface area contributed by atoms with Crippen molar-refractivity contribution in [2.24, 2.45) is 0 Å². The number of para-hydroxylation sites is 1. The first-order valence-corrected chi connectivity index (χ1v) is 5.69. The summed E-state index contributed by atoms with van der Waals surface area (Å²) in [5.41, 5.74) is 1.71. The highest BCUT2D eigenvalue weighted by molar-refractivity contribution is 5.71. The summed E-state index contributed by atoms with van der Waals surface area (Å²) in [5, 5.41) is 8.89. The van der Waals surface area contributed by atoms with Crippen molar-refractivity contribution in [2.75, 3.05) is 0 Å². The molecule has 18 heavy (non-hydrogen) atoms. The molecule has 92 valence electrons. The highest BCUT2D eigenvalue weighted by Crippen LogP contribution is 2.26. The van der Waals surface area contributed by atoms with E-state index in [1.807, 2.05) is 49.4 Å². The molecule has 0 radical (unpaired) electrons. The average molecular weight is 242 g/mol. The van der Waals surface area contributed by atoms with Crippen LogP contribution in [0.15, 0.2) is 48.5 Å². The highest BCUT2D eigenvalue weighted by Gasteiger charge is 2.09. The van der Waals surface area contributed by atoms with Gasteiger partial charge in [-0.05, 0) is 25.1 Å². The lowest BCUT2D eigenvalue weighted by molar-refractivity contribution is -0.136. The molecule has 0 amide bonds. The predicted molar refractivity (Wildman–Crippen MR) is 69.0 cm³/mol. The molecular weight excluding hydrogens is 228 g/mol. The number of carbonyl (C=O) groups is 1. The number of aryl methyl sites for hydroxylation is 1. The number of aliphatic carboxylic acids is 1. The maximum absolute atomic E-state index is 10.8. The predicted octanol–water partition coefficient (Wildman–Crippen LogP) is 3.41. The van der Waals surface area contributed by atoms with E-state index in [2.05, 4.69) is 0 Å². The Morgan fingerprint density at radius 1 is 1.17 bits per heavy atom. The second kappa shape index (κ2) is 5.36. The Morgan fingerprint density at radius 3 is 2.56 bits per heavy atom. The van der Waals surface area contributed by atoms with Crippen LogP contribution in [0.5, 0.6) is 11.5 Å². The molecule has 0 heterocycles. The van der Waals surface area contributed by atoms with Crippen molar-refractivity contribution in [3.63, 3.8) is 0 Å². The Hall–Kier alpha value is -2.29. The summed E-state index contributed by atoms with van der Waals surface area (Å²) in [6.07, 6.45) is -0.0379. The molecule has 0 spiro atoms. The third-order valence-electron chi connectivity index (χ3n) is 2.53. The summed E-state index contributed by atoms with van der Waals surface area (Å²) in [5.74, 6) is 0.431. The summed E-state index contributed by atoms with van der Waals surface area (Å²) in [6.45, 7) is 1.93. The van der Waals surface area contributed by atoms with E-state index in [0.717, 1.165) is 5.56 Å². The van der Waals surface area contributed by atoms with E-state index in [1.54, 1.807) is 6.07 Å². The zero-order valence-electron chi connectivity index (χ0n) is 10.1. The second-order valence-electron chi connectivity index (χ2n) is 4.10. The van der Waals surface area contributed by atoms with E-state index in [0.29, 0.717) is 17.1 Å². The van der Waals surface area contributed by atoms with Crippen LogP contribution in [0.25, 0.3) is 0 Å². The van der Waals surface area contributed by atoms with Crippen LogP contribution < -0.4 is 4.74 Å². The van der Waals surface area contributed by atoms with Crippen LogP contribution in [0.2, 0.25) is 0 Å². The molecule has 0 aliphatic rings. The van der Waals surface area contributed by atoms with Gasteiger partial charge in [-0.1, -0.05) is 35.9 Å². The van der Waals surface area contributed by atoms with Crippen LogP contribution >= 0.6 is 0 Å². The van der Waals surface area contributed by atoms with Crippen LogP contribution in [0.1, 0.15) is 11.1 Å². The van der Waals surface area contributed by atoms with Gasteiger partial charge in [-0.2, -0.15) is 0 Å². The van der Waals surface area contributed by atoms with Gasteiger partial charge >= 0.3 is 5.97 Å². The van der Waals surface area contributed by atoms with Gasteiger partial charge in [0.15, 0.2) is 0 Å². The smallest absolute Gasteiger partial charge is 0.307 e. The third-order valence-corrected chi connectivity index (χ3v) is 2.53. The number of carboxylic acids is 1. The van der Waals surface area contributed by atoms with Crippen molar-refractivity contribution in [3.8, 4) is 11.5 Å². The largest absolute Gasteiger partial charge is 0.481 e. The number of carboxylic acid groups (broad SMARTS) is 1. The molecule has 2 aromatic rings. The lowest BCUT2D eigenvalue weighted by atomic mass is 10.1. The maximum Gasteiger partial charge on any atom is 0.307 e. The van der Waals surface area contributed by atoms with Crippen LogP contribution in [0.4, 0.5) is 0 Å². The van der Waals surface area contributed by atoms with Crippen LogP contribution in [0, 0.1) is 6.92 Å². The standard InChI is InChI=1S/C15H14O3/c1-11-7-8-14(12(9-11)10-15(16)17)18-13-5-3-2-4-6-13/h2-9H,10H2,1H3,(H,16,17). The first-order valence-electron chi connectivity index (χ1n) is 5.69. The van der Waals surface area contributed by atoms with Crippen molar-refractivity contribution in [1.82, 2.24) is 0 Å². The fourth-order valence-corrected chi connectivity index (χ4v) is 1.72. The van der Waals surface area contributed by atoms with Gasteiger partial charge in [0.1, 0.15) is 11.5 Å². The SMILES string of the molecule is Cc1ccc(Oc2ccccc2)c(CC(=O)O)c1. The molecule has 3 nitrogen and oxygen atoms in total. The van der Waals surface area contributed by atoms with E-state index >= 15 is 0 Å². The first-order chi connectivity index (χ1) is 8.65. The van der Waals surface area contributed by atoms with Gasteiger partial charge in [0.05, 0.1) is 6.42 Å². The van der Waals surface area contributed by atoms with Crippen molar-refractivity contribution in [3.05, 3.63) is 59.7 Å². The molecule has 0 aliphatic carbocycles. The summed E-state index contributed by atoms with van der Waals surface area (Å²) in [6, 6.07) is 14.9. The Morgan fingerprint density at radius 2 is 1.89 bits per heavy atom. The van der Waals surface area contributed by atoms with Crippen molar-refractivity contribution >= 4 is 5.97 Å². The van der Waals surface area contributed by atoms with E-state index in [-0.39, 0.29) is 6.42 Å². The van der Waals surface area contributed by atoms with Gasteiger partial charge in [-0.25, -0.2) is 0 Å². The van der Waals surface area contributed by atoms with Gasteiger partial charge in [0.2, 0.25) is 0 Å². The van der Waals surface area contributed by atoms with E-state index in [4.69, 9.17) is 9.84 Å². The summed E-state index contributed by atoms with van der Waals surface area (Å²) in [4.78, 5) is 10.8. The fourth-order valence-electron chi connectivity index (χ4n) is 1.72. The van der Waals surface area contributed by atoms with Crippen LogP contribution in [-0.2, 0) is 11.2 Å². The Labute approximate surface area is 106 Å². The summed E-state index contributed by atoms with van der Waals surface area (Å²) >= 11 is 0. The van der Waals surface area contributed by atoms with Crippen molar-refractivity contribution in [2.45, 2.75) is 13.3 Å². The minimum absolute atomic E-state index is 0.0379. The van der Waals surface area contributed by atoms with Crippen molar-refractivity contribution in [1.29, 1.82) is 0 Å². The monoisotopic (exact) mass is 242 g/mol. The fraction of sp³-hybridized carbons (Fsp3) is 0.133. The number of benzene rings is 2. The Bertz CT molecular complexity index is 547. The third kappa shape index (κ3) is 3.10. The van der Waals surface area contributed by atoms with Gasteiger partial charge in [0.25, 0.3) is 0 Å². The highest BCUT2D eigenvalue weighted by atomic mass is 16.5. The van der Waals surface area contributed by atoms with Gasteiger partial charge in [0, 0.05) is 5.56 Å². The van der Waals surface area contributed by atoms with Gasteiger partial charge < -0.3 is 9.84 Å². The number of hydrogen-bond acceptors (Lipinski definition) is 2. The number of ether oxygens (including phenoxy) is 1. The molecule has 0 aromatic heterocycles. The minimum Gasteiger partial charge on any atom is -0.481 e. The molecule has 0 atom stereocenters. The zero-order valence-corrected chi connectivity index (χ0v) is 10.1. The normalized spacial score (nSPS) is 10.1. The quantitative estimate of drug-likeness (QED) is 0.893. The molecule has 0 saturated carbocycles. The second-order valence-corrected chi connectivity index (χ2v) is 4.10. The van der Waals surface area contributed by atoms with E-state index in [9.17, 15) is 4.79 Å². The van der Waals surface area contributed by atoms with Crippen LogP contribution in [-0.4, -0.2) is 11.1 Å². The topological polar surface area (TPSA) is 46.5 Å². The van der Waals surface area contributed by atoms with E-state index in [1.165, 1.54) is 0 Å². The van der Waals surface area contributed by atoms with Gasteiger partial charge in [-0.3, -0.25) is 4.79 Å². The van der Waals surface area contributed by atoms with E-state index < -0.39 is 5.97 Å². The molecule has 0 bridgehead atoms. The first kappa shape index (κ1) is 12.2. The van der Waals surface area contributed by atoms with Crippen molar-refractivity contribution < 1.29 is 14.6 Å². The van der Waals surface area contributed by atoms with Crippen LogP contribution in [0.3, 0.4) is 0 Å². The summed E-state index contributed by atoms with van der Waals surface area (Å²) in [7, 11) is 0. The lowest BCUT2D eigenvalue weighted by Crippen LogP contribution is -2.02. The molecule has 2 rings (SSSR count). The molecule has 1 N–H and O–H groups in total. The zero-order chi connectivity index (χ0) is 13.0. The summed E-state index contributed by atoms with van der Waals surface area (Å²) < 4.78 is 5.70. The average Bonchev–Trinajstić information content (AvgIpc) is 2.33. The molecule has 0 saturated heterocycles. The Balaban J connectivity index is 2.29.